The SMILES string of the molecule is Cc1cccc2c3cccc(C)c3n(C)c12. The van der Waals surface area contributed by atoms with E-state index < -0.39 is 0 Å². The van der Waals surface area contributed by atoms with Gasteiger partial charge in [-0.05, 0) is 25.0 Å². The monoisotopic (exact) mass is 209 g/mol. The van der Waals surface area contributed by atoms with E-state index in [-0.39, 0.29) is 0 Å². The minimum absolute atomic E-state index is 1.34. The van der Waals surface area contributed by atoms with Gasteiger partial charge in [-0.2, -0.15) is 0 Å². The molecule has 0 spiro atoms. The molecule has 0 unspecified atom stereocenters. The van der Waals surface area contributed by atoms with E-state index in [9.17, 15) is 0 Å². The first-order valence-electron chi connectivity index (χ1n) is 5.63. The van der Waals surface area contributed by atoms with Gasteiger partial charge in [0.1, 0.15) is 0 Å². The Morgan fingerprint density at radius 3 is 1.62 bits per heavy atom. The highest BCUT2D eigenvalue weighted by Gasteiger charge is 2.10. The number of para-hydroxylation sites is 2. The zero-order valence-electron chi connectivity index (χ0n) is 9.91. The number of hydrogen-bond donors (Lipinski definition) is 0. The van der Waals surface area contributed by atoms with Crippen molar-refractivity contribution in [3.8, 4) is 0 Å². The summed E-state index contributed by atoms with van der Waals surface area (Å²) in [6.07, 6.45) is 0. The fraction of sp³-hybridized carbons (Fsp3) is 0.200. The van der Waals surface area contributed by atoms with Crippen molar-refractivity contribution in [1.82, 2.24) is 4.57 Å². The summed E-state index contributed by atoms with van der Waals surface area (Å²) in [7, 11) is 2.16. The van der Waals surface area contributed by atoms with Crippen LogP contribution in [0, 0.1) is 13.8 Å². The average Bonchev–Trinajstić information content (AvgIpc) is 2.56. The number of hydrogen-bond acceptors (Lipinski definition) is 0. The van der Waals surface area contributed by atoms with Crippen molar-refractivity contribution in [2.45, 2.75) is 13.8 Å². The fourth-order valence-corrected chi connectivity index (χ4v) is 2.75. The molecule has 1 aromatic heterocycles. The average molecular weight is 209 g/mol. The molecule has 3 rings (SSSR count). The third-order valence-corrected chi connectivity index (χ3v) is 3.44. The third kappa shape index (κ3) is 1.06. The molecule has 16 heavy (non-hydrogen) atoms. The molecular weight excluding hydrogens is 194 g/mol. The summed E-state index contributed by atoms with van der Waals surface area (Å²) < 4.78 is 2.31. The highest BCUT2D eigenvalue weighted by Crippen LogP contribution is 2.31. The first-order chi connectivity index (χ1) is 7.70. The Morgan fingerprint density at radius 1 is 0.750 bits per heavy atom. The molecule has 1 heteroatoms. The van der Waals surface area contributed by atoms with E-state index in [1.165, 1.54) is 32.9 Å². The minimum atomic E-state index is 1.34. The van der Waals surface area contributed by atoms with Crippen molar-refractivity contribution in [2.24, 2.45) is 7.05 Å². The molecule has 0 N–H and O–H groups in total. The molecule has 0 bridgehead atoms. The zero-order valence-corrected chi connectivity index (χ0v) is 9.91. The van der Waals surface area contributed by atoms with Crippen LogP contribution in [0.3, 0.4) is 0 Å². The van der Waals surface area contributed by atoms with Gasteiger partial charge in [-0.15, -0.1) is 0 Å². The van der Waals surface area contributed by atoms with E-state index in [0.717, 1.165) is 0 Å². The molecule has 1 heterocycles. The number of rotatable bonds is 0. The van der Waals surface area contributed by atoms with Gasteiger partial charge >= 0.3 is 0 Å². The summed E-state index contributed by atoms with van der Waals surface area (Å²) in [4.78, 5) is 0. The predicted octanol–water partition coefficient (Wildman–Crippen LogP) is 3.95. The van der Waals surface area contributed by atoms with Gasteiger partial charge in [0.15, 0.2) is 0 Å². The van der Waals surface area contributed by atoms with Crippen LogP contribution in [0.25, 0.3) is 21.8 Å². The molecule has 0 fully saturated rings. The normalized spacial score (nSPS) is 11.4. The molecule has 1 nitrogen and oxygen atoms in total. The summed E-state index contributed by atoms with van der Waals surface area (Å²) in [6.45, 7) is 4.35. The molecule has 0 aliphatic heterocycles. The molecule has 0 radical (unpaired) electrons. The lowest BCUT2D eigenvalue weighted by Crippen LogP contribution is -1.90. The Balaban J connectivity index is 2.70. The quantitative estimate of drug-likeness (QED) is 0.528. The molecule has 0 aliphatic carbocycles. The smallest absolute Gasteiger partial charge is 0.0518 e. The molecular formula is C15H15N. The van der Waals surface area contributed by atoms with Crippen molar-refractivity contribution in [2.75, 3.05) is 0 Å². The second-order valence-electron chi connectivity index (χ2n) is 4.50. The van der Waals surface area contributed by atoms with Gasteiger partial charge in [0, 0.05) is 17.8 Å². The number of nitrogens with zero attached hydrogens (tertiary/aromatic N) is 1. The van der Waals surface area contributed by atoms with E-state index in [1.54, 1.807) is 0 Å². The first kappa shape index (κ1) is 9.46. The van der Waals surface area contributed by atoms with E-state index in [1.807, 2.05) is 0 Å². The Bertz CT molecular complexity index is 630. The second-order valence-corrected chi connectivity index (χ2v) is 4.50. The standard InChI is InChI=1S/C15H15N/c1-10-6-4-8-12-13-9-5-7-11(2)15(13)16(3)14(10)12/h4-9H,1-3H3. The van der Waals surface area contributed by atoms with E-state index in [4.69, 9.17) is 0 Å². The van der Waals surface area contributed by atoms with E-state index >= 15 is 0 Å². The van der Waals surface area contributed by atoms with Crippen LogP contribution in [0.1, 0.15) is 11.1 Å². The molecule has 0 amide bonds. The van der Waals surface area contributed by atoms with Gasteiger partial charge in [0.2, 0.25) is 0 Å². The van der Waals surface area contributed by atoms with Crippen molar-refractivity contribution in [3.05, 3.63) is 47.5 Å². The van der Waals surface area contributed by atoms with Crippen LogP contribution in [-0.2, 0) is 7.05 Å². The van der Waals surface area contributed by atoms with Crippen LogP contribution in [0.4, 0.5) is 0 Å². The third-order valence-electron chi connectivity index (χ3n) is 3.44. The fourth-order valence-electron chi connectivity index (χ4n) is 2.75. The van der Waals surface area contributed by atoms with Crippen LogP contribution in [0.2, 0.25) is 0 Å². The Kier molecular flexibility index (Phi) is 1.84. The van der Waals surface area contributed by atoms with Gasteiger partial charge in [-0.3, -0.25) is 0 Å². The molecule has 0 atom stereocenters. The van der Waals surface area contributed by atoms with Gasteiger partial charge < -0.3 is 4.57 Å². The van der Waals surface area contributed by atoms with Crippen LogP contribution < -0.4 is 0 Å². The van der Waals surface area contributed by atoms with Gasteiger partial charge in [-0.1, -0.05) is 36.4 Å². The minimum Gasteiger partial charge on any atom is -0.343 e. The molecule has 0 saturated heterocycles. The lowest BCUT2D eigenvalue weighted by atomic mass is 10.1. The van der Waals surface area contributed by atoms with Crippen LogP contribution >= 0.6 is 0 Å². The number of aryl methyl sites for hydroxylation is 3. The van der Waals surface area contributed by atoms with E-state index in [2.05, 4.69) is 61.9 Å². The summed E-state index contributed by atoms with van der Waals surface area (Å²) in [5.41, 5.74) is 5.39. The Morgan fingerprint density at radius 2 is 1.19 bits per heavy atom. The number of fused-ring (bicyclic) bond motifs is 3. The highest BCUT2D eigenvalue weighted by molar-refractivity contribution is 6.09. The lowest BCUT2D eigenvalue weighted by molar-refractivity contribution is 1.00. The van der Waals surface area contributed by atoms with Crippen LogP contribution in [0.15, 0.2) is 36.4 Å². The Hall–Kier alpha value is -1.76. The molecule has 0 saturated carbocycles. The second kappa shape index (κ2) is 3.11. The maximum absolute atomic E-state index is 2.31. The molecule has 0 aliphatic rings. The molecule has 80 valence electrons. The van der Waals surface area contributed by atoms with Crippen LogP contribution in [0.5, 0.6) is 0 Å². The zero-order chi connectivity index (χ0) is 11.3. The first-order valence-corrected chi connectivity index (χ1v) is 5.63. The van der Waals surface area contributed by atoms with Crippen molar-refractivity contribution < 1.29 is 0 Å². The maximum Gasteiger partial charge on any atom is 0.0518 e. The maximum atomic E-state index is 2.31. The van der Waals surface area contributed by atoms with Crippen molar-refractivity contribution >= 4 is 21.8 Å². The number of benzene rings is 2. The summed E-state index contributed by atoms with van der Waals surface area (Å²) in [5, 5.41) is 2.72. The summed E-state index contributed by atoms with van der Waals surface area (Å²) in [5.74, 6) is 0. The lowest BCUT2D eigenvalue weighted by Gasteiger charge is -2.02. The number of aromatic nitrogens is 1. The largest absolute Gasteiger partial charge is 0.343 e. The molecule has 3 aromatic rings. The summed E-state index contributed by atoms with van der Waals surface area (Å²) >= 11 is 0. The van der Waals surface area contributed by atoms with Crippen LogP contribution in [-0.4, -0.2) is 4.57 Å². The topological polar surface area (TPSA) is 4.93 Å². The van der Waals surface area contributed by atoms with Crippen molar-refractivity contribution in [3.63, 3.8) is 0 Å². The predicted molar refractivity (Wildman–Crippen MR) is 69.9 cm³/mol. The highest BCUT2D eigenvalue weighted by atomic mass is 14.9. The Labute approximate surface area is 95.3 Å². The van der Waals surface area contributed by atoms with E-state index in [0.29, 0.717) is 0 Å². The van der Waals surface area contributed by atoms with Gasteiger partial charge in [0.25, 0.3) is 0 Å². The summed E-state index contributed by atoms with van der Waals surface area (Å²) in [6, 6.07) is 13.1. The molecule has 2 aromatic carbocycles. The van der Waals surface area contributed by atoms with Crippen molar-refractivity contribution in [1.29, 1.82) is 0 Å². The van der Waals surface area contributed by atoms with Gasteiger partial charge in [-0.25, -0.2) is 0 Å². The van der Waals surface area contributed by atoms with Gasteiger partial charge in [0.05, 0.1) is 11.0 Å².